The van der Waals surface area contributed by atoms with E-state index in [2.05, 4.69) is 10.3 Å². The monoisotopic (exact) mass is 385 g/mol. The van der Waals surface area contributed by atoms with E-state index in [1.165, 1.54) is 0 Å². The molecule has 0 radical (unpaired) electrons. The van der Waals surface area contributed by atoms with Gasteiger partial charge in [0.1, 0.15) is 18.0 Å². The number of nitrogens with zero attached hydrogens (tertiary/aromatic N) is 2. The lowest BCUT2D eigenvalue weighted by molar-refractivity contribution is 0.0941. The molecule has 0 bridgehead atoms. The van der Waals surface area contributed by atoms with Gasteiger partial charge in [-0.25, -0.2) is 13.4 Å². The summed E-state index contributed by atoms with van der Waals surface area (Å²) in [7, 11) is -3.02. The van der Waals surface area contributed by atoms with Crippen LogP contribution < -0.4 is 10.1 Å². The minimum absolute atomic E-state index is 0.0128. The Bertz CT molecular complexity index is 1040. The molecule has 7 nitrogen and oxygen atoms in total. The molecule has 1 aromatic carbocycles. The van der Waals surface area contributed by atoms with Gasteiger partial charge in [-0.1, -0.05) is 6.07 Å². The molecular formula is C19H19N3O4S. The van der Waals surface area contributed by atoms with Crippen molar-refractivity contribution in [3.8, 4) is 5.75 Å². The molecule has 4 rings (SSSR count). The standard InChI is InChI=1S/C19H19N3O4S/c23-19(21-15-8-10-27(24,25)13-15)14-4-6-17(7-5-14)26-12-16-11-22-9-2-1-3-18(22)20-16/h1-7,9,11,15H,8,10,12-13H2,(H,21,23)/t15-/m0/s1. The highest BCUT2D eigenvalue weighted by molar-refractivity contribution is 7.91. The molecule has 0 spiro atoms. The number of hydrogen-bond donors (Lipinski definition) is 1. The molecule has 1 N–H and O–H groups in total. The summed E-state index contributed by atoms with van der Waals surface area (Å²) in [6.07, 6.45) is 4.30. The predicted octanol–water partition coefficient (Wildman–Crippen LogP) is 1.83. The first-order valence-electron chi connectivity index (χ1n) is 8.65. The predicted molar refractivity (Wildman–Crippen MR) is 100 cm³/mol. The van der Waals surface area contributed by atoms with Crippen LogP contribution in [0.3, 0.4) is 0 Å². The van der Waals surface area contributed by atoms with Crippen molar-refractivity contribution in [3.05, 3.63) is 66.1 Å². The number of ether oxygens (including phenoxy) is 1. The summed E-state index contributed by atoms with van der Waals surface area (Å²) >= 11 is 0. The molecule has 1 fully saturated rings. The Morgan fingerprint density at radius 3 is 2.74 bits per heavy atom. The first kappa shape index (κ1) is 17.5. The van der Waals surface area contributed by atoms with Gasteiger partial charge in [0.05, 0.1) is 17.2 Å². The zero-order valence-corrected chi connectivity index (χ0v) is 15.4. The Morgan fingerprint density at radius 2 is 2.04 bits per heavy atom. The van der Waals surface area contributed by atoms with E-state index in [1.807, 2.05) is 35.0 Å². The maximum absolute atomic E-state index is 12.2. The summed E-state index contributed by atoms with van der Waals surface area (Å²) in [6.45, 7) is 0.327. The summed E-state index contributed by atoms with van der Waals surface area (Å²) in [4.78, 5) is 16.7. The van der Waals surface area contributed by atoms with Gasteiger partial charge in [-0.15, -0.1) is 0 Å². The van der Waals surface area contributed by atoms with Gasteiger partial charge in [-0.3, -0.25) is 4.79 Å². The van der Waals surface area contributed by atoms with Crippen LogP contribution in [0.2, 0.25) is 0 Å². The zero-order valence-electron chi connectivity index (χ0n) is 14.5. The number of sulfone groups is 1. The molecule has 2 aromatic heterocycles. The number of imidazole rings is 1. The van der Waals surface area contributed by atoms with Crippen molar-refractivity contribution in [3.63, 3.8) is 0 Å². The van der Waals surface area contributed by atoms with Crippen molar-refractivity contribution in [2.45, 2.75) is 19.1 Å². The number of amides is 1. The van der Waals surface area contributed by atoms with Gasteiger partial charge in [0.15, 0.2) is 9.84 Å². The number of carbonyl (C=O) groups excluding carboxylic acids is 1. The molecule has 1 saturated heterocycles. The van der Waals surface area contributed by atoms with E-state index in [0.717, 1.165) is 11.3 Å². The van der Waals surface area contributed by atoms with Gasteiger partial charge < -0.3 is 14.5 Å². The van der Waals surface area contributed by atoms with Crippen LogP contribution in [0.25, 0.3) is 5.65 Å². The van der Waals surface area contributed by atoms with Crippen molar-refractivity contribution in [1.29, 1.82) is 0 Å². The van der Waals surface area contributed by atoms with E-state index < -0.39 is 9.84 Å². The van der Waals surface area contributed by atoms with Crippen LogP contribution in [0.1, 0.15) is 22.5 Å². The fraction of sp³-hybridized carbons (Fsp3) is 0.263. The lowest BCUT2D eigenvalue weighted by Crippen LogP contribution is -2.35. The normalized spacial score (nSPS) is 18.4. The number of hydrogen-bond acceptors (Lipinski definition) is 5. The lowest BCUT2D eigenvalue weighted by Gasteiger charge is -2.11. The van der Waals surface area contributed by atoms with Gasteiger partial charge in [0.2, 0.25) is 0 Å². The molecule has 140 valence electrons. The average Bonchev–Trinajstić information content (AvgIpc) is 3.22. The highest BCUT2D eigenvalue weighted by atomic mass is 32.2. The third-order valence-corrected chi connectivity index (χ3v) is 6.25. The maximum Gasteiger partial charge on any atom is 0.251 e. The van der Waals surface area contributed by atoms with Crippen LogP contribution >= 0.6 is 0 Å². The van der Waals surface area contributed by atoms with Gasteiger partial charge in [0.25, 0.3) is 5.91 Å². The SMILES string of the molecule is O=C(N[C@H]1CCS(=O)(=O)C1)c1ccc(OCc2cn3ccccc3n2)cc1. The van der Waals surface area contributed by atoms with Gasteiger partial charge >= 0.3 is 0 Å². The summed E-state index contributed by atoms with van der Waals surface area (Å²) < 4.78 is 30.6. The number of nitrogens with one attached hydrogen (secondary N) is 1. The van der Waals surface area contributed by atoms with E-state index in [9.17, 15) is 13.2 Å². The molecule has 0 saturated carbocycles. The topological polar surface area (TPSA) is 89.8 Å². The van der Waals surface area contributed by atoms with Crippen molar-refractivity contribution < 1.29 is 17.9 Å². The van der Waals surface area contributed by atoms with Crippen LogP contribution in [0.4, 0.5) is 0 Å². The number of benzene rings is 1. The molecule has 1 aliphatic heterocycles. The number of carbonyl (C=O) groups is 1. The smallest absolute Gasteiger partial charge is 0.251 e. The highest BCUT2D eigenvalue weighted by Gasteiger charge is 2.29. The number of rotatable bonds is 5. The van der Waals surface area contributed by atoms with E-state index in [-0.39, 0.29) is 23.5 Å². The number of aromatic nitrogens is 2. The largest absolute Gasteiger partial charge is 0.487 e. The molecule has 0 aliphatic carbocycles. The highest BCUT2D eigenvalue weighted by Crippen LogP contribution is 2.16. The molecule has 27 heavy (non-hydrogen) atoms. The Hall–Kier alpha value is -2.87. The van der Waals surface area contributed by atoms with Crippen LogP contribution in [0.5, 0.6) is 5.75 Å². The Labute approximate surface area is 156 Å². The summed E-state index contributed by atoms with van der Waals surface area (Å²) in [5.41, 5.74) is 2.14. The second kappa shape index (κ2) is 7.03. The third-order valence-electron chi connectivity index (χ3n) is 4.48. The summed E-state index contributed by atoms with van der Waals surface area (Å²) in [6, 6.07) is 12.2. The van der Waals surface area contributed by atoms with E-state index in [0.29, 0.717) is 24.3 Å². The molecule has 1 amide bonds. The quantitative estimate of drug-likeness (QED) is 0.724. The second-order valence-corrected chi connectivity index (χ2v) is 8.81. The fourth-order valence-corrected chi connectivity index (χ4v) is 4.77. The second-order valence-electron chi connectivity index (χ2n) is 6.58. The van der Waals surface area contributed by atoms with E-state index >= 15 is 0 Å². The summed E-state index contributed by atoms with van der Waals surface area (Å²) in [5.74, 6) is 0.503. The maximum atomic E-state index is 12.2. The minimum Gasteiger partial charge on any atom is -0.487 e. The molecule has 1 aliphatic rings. The van der Waals surface area contributed by atoms with Crippen molar-refractivity contribution in [2.24, 2.45) is 0 Å². The first-order valence-corrected chi connectivity index (χ1v) is 10.5. The molecule has 8 heteroatoms. The Morgan fingerprint density at radius 1 is 1.22 bits per heavy atom. The first-order chi connectivity index (χ1) is 13.0. The Kier molecular flexibility index (Phi) is 4.57. The average molecular weight is 385 g/mol. The van der Waals surface area contributed by atoms with Gasteiger partial charge in [-0.05, 0) is 42.8 Å². The number of pyridine rings is 1. The van der Waals surface area contributed by atoms with Crippen LogP contribution in [-0.2, 0) is 16.4 Å². The number of fused-ring (bicyclic) bond motifs is 1. The third kappa shape index (κ3) is 4.11. The van der Waals surface area contributed by atoms with Crippen molar-refractivity contribution in [1.82, 2.24) is 14.7 Å². The minimum atomic E-state index is -3.02. The summed E-state index contributed by atoms with van der Waals surface area (Å²) in [5, 5.41) is 2.77. The van der Waals surface area contributed by atoms with Crippen LogP contribution in [-0.4, -0.2) is 41.3 Å². The molecule has 1 atom stereocenters. The van der Waals surface area contributed by atoms with Crippen LogP contribution in [0.15, 0.2) is 54.9 Å². The van der Waals surface area contributed by atoms with Crippen molar-refractivity contribution in [2.75, 3.05) is 11.5 Å². The van der Waals surface area contributed by atoms with Crippen LogP contribution in [0, 0.1) is 0 Å². The fourth-order valence-electron chi connectivity index (χ4n) is 3.09. The molecule has 3 heterocycles. The van der Waals surface area contributed by atoms with E-state index in [4.69, 9.17) is 4.74 Å². The Balaban J connectivity index is 1.35. The zero-order chi connectivity index (χ0) is 18.9. The molecular weight excluding hydrogens is 366 g/mol. The van der Waals surface area contributed by atoms with Gasteiger partial charge in [-0.2, -0.15) is 0 Å². The van der Waals surface area contributed by atoms with E-state index in [1.54, 1.807) is 24.3 Å². The molecule has 3 aromatic rings. The van der Waals surface area contributed by atoms with Gasteiger partial charge in [0, 0.05) is 24.0 Å². The lowest BCUT2D eigenvalue weighted by atomic mass is 10.2. The molecule has 0 unspecified atom stereocenters. The van der Waals surface area contributed by atoms with Crippen molar-refractivity contribution >= 4 is 21.4 Å².